The van der Waals surface area contributed by atoms with E-state index in [4.69, 9.17) is 5.73 Å². The van der Waals surface area contributed by atoms with Crippen molar-refractivity contribution in [1.82, 2.24) is 15.3 Å². The van der Waals surface area contributed by atoms with Crippen molar-refractivity contribution in [2.75, 3.05) is 31.1 Å². The standard InChI is InChI=1S/C16H25N5O/c1-11-19-14(13-3-2-6-18-10-13)9-15(20-11)21-7-4-12(5-8-21)16(17)22/h9,12-13,18H,2-8,10H2,1H3,(H2,17,22)/t13-/m0/s1. The Bertz CT molecular complexity index is 533. The lowest BCUT2D eigenvalue weighted by Gasteiger charge is -2.32. The number of aryl methyl sites for hydroxylation is 1. The van der Waals surface area contributed by atoms with Crippen LogP contribution in [0.4, 0.5) is 5.82 Å². The Balaban J connectivity index is 1.74. The van der Waals surface area contributed by atoms with Crippen LogP contribution in [0.15, 0.2) is 6.07 Å². The smallest absolute Gasteiger partial charge is 0.220 e. The van der Waals surface area contributed by atoms with Crippen LogP contribution in [0.25, 0.3) is 0 Å². The Labute approximate surface area is 131 Å². The number of amides is 1. The van der Waals surface area contributed by atoms with Crippen LogP contribution in [0.1, 0.15) is 43.1 Å². The first-order chi connectivity index (χ1) is 10.6. The van der Waals surface area contributed by atoms with E-state index in [-0.39, 0.29) is 11.8 Å². The monoisotopic (exact) mass is 303 g/mol. The number of anilines is 1. The molecule has 6 nitrogen and oxygen atoms in total. The van der Waals surface area contributed by atoms with E-state index >= 15 is 0 Å². The van der Waals surface area contributed by atoms with Gasteiger partial charge < -0.3 is 16.0 Å². The minimum absolute atomic E-state index is 0.0150. The van der Waals surface area contributed by atoms with Crippen molar-refractivity contribution >= 4 is 11.7 Å². The van der Waals surface area contributed by atoms with E-state index in [0.717, 1.165) is 56.4 Å². The first kappa shape index (κ1) is 15.2. The van der Waals surface area contributed by atoms with Gasteiger partial charge in [0.1, 0.15) is 11.6 Å². The molecule has 0 aliphatic carbocycles. The molecule has 0 aromatic carbocycles. The lowest BCUT2D eigenvalue weighted by molar-refractivity contribution is -0.122. The van der Waals surface area contributed by atoms with Gasteiger partial charge in [-0.3, -0.25) is 4.79 Å². The summed E-state index contributed by atoms with van der Waals surface area (Å²) in [4.78, 5) is 22.8. The molecule has 1 aromatic heterocycles. The summed E-state index contributed by atoms with van der Waals surface area (Å²) >= 11 is 0. The van der Waals surface area contributed by atoms with Gasteiger partial charge in [0.15, 0.2) is 0 Å². The van der Waals surface area contributed by atoms with Gasteiger partial charge in [0, 0.05) is 37.5 Å². The van der Waals surface area contributed by atoms with Crippen molar-refractivity contribution in [3.63, 3.8) is 0 Å². The molecule has 2 saturated heterocycles. The number of carbonyl (C=O) groups excluding carboxylic acids is 1. The van der Waals surface area contributed by atoms with Crippen LogP contribution in [0, 0.1) is 12.8 Å². The van der Waals surface area contributed by atoms with E-state index < -0.39 is 0 Å². The van der Waals surface area contributed by atoms with Gasteiger partial charge in [-0.1, -0.05) is 0 Å². The number of nitrogens with two attached hydrogens (primary N) is 1. The van der Waals surface area contributed by atoms with Crippen LogP contribution in [-0.4, -0.2) is 42.1 Å². The lowest BCUT2D eigenvalue weighted by Crippen LogP contribution is -2.39. The number of piperidine rings is 2. The molecule has 0 unspecified atom stereocenters. The molecule has 3 heterocycles. The minimum Gasteiger partial charge on any atom is -0.369 e. The van der Waals surface area contributed by atoms with Crippen LogP contribution in [-0.2, 0) is 4.79 Å². The number of aromatic nitrogens is 2. The second kappa shape index (κ2) is 6.60. The van der Waals surface area contributed by atoms with Crippen LogP contribution >= 0.6 is 0 Å². The molecular formula is C16H25N5O. The summed E-state index contributed by atoms with van der Waals surface area (Å²) in [7, 11) is 0. The normalized spacial score (nSPS) is 23.5. The highest BCUT2D eigenvalue weighted by atomic mass is 16.1. The van der Waals surface area contributed by atoms with E-state index in [0.29, 0.717) is 5.92 Å². The highest BCUT2D eigenvalue weighted by molar-refractivity contribution is 5.76. The zero-order valence-corrected chi connectivity index (χ0v) is 13.2. The summed E-state index contributed by atoms with van der Waals surface area (Å²) in [6.07, 6.45) is 4.02. The molecule has 1 aromatic rings. The first-order valence-electron chi connectivity index (χ1n) is 8.24. The summed E-state index contributed by atoms with van der Waals surface area (Å²) in [5.74, 6) is 2.15. The SMILES string of the molecule is Cc1nc([C@H]2CCCNC2)cc(N2CCC(C(N)=O)CC2)n1. The predicted octanol–water partition coefficient (Wildman–Crippen LogP) is 0.954. The molecule has 0 spiro atoms. The summed E-state index contributed by atoms with van der Waals surface area (Å²) in [5.41, 5.74) is 6.55. The first-order valence-corrected chi connectivity index (χ1v) is 8.24. The van der Waals surface area contributed by atoms with Gasteiger partial charge in [-0.05, 0) is 39.2 Å². The van der Waals surface area contributed by atoms with E-state index in [1.165, 1.54) is 12.8 Å². The van der Waals surface area contributed by atoms with Crippen LogP contribution in [0.3, 0.4) is 0 Å². The maximum absolute atomic E-state index is 11.3. The number of nitrogens with zero attached hydrogens (tertiary/aromatic N) is 3. The zero-order chi connectivity index (χ0) is 15.5. The van der Waals surface area contributed by atoms with Gasteiger partial charge in [0.05, 0.1) is 5.69 Å². The molecule has 2 aliphatic heterocycles. The third-order valence-corrected chi connectivity index (χ3v) is 4.78. The highest BCUT2D eigenvalue weighted by Crippen LogP contribution is 2.27. The molecule has 1 amide bonds. The summed E-state index contributed by atoms with van der Waals surface area (Å²) in [5, 5.41) is 3.44. The molecular weight excluding hydrogens is 278 g/mol. The number of carbonyl (C=O) groups is 1. The van der Waals surface area contributed by atoms with E-state index in [9.17, 15) is 4.79 Å². The summed E-state index contributed by atoms with van der Waals surface area (Å²) in [6.45, 7) is 5.74. The van der Waals surface area contributed by atoms with E-state index in [1.54, 1.807) is 0 Å². The Morgan fingerprint density at radius 1 is 1.32 bits per heavy atom. The molecule has 0 radical (unpaired) electrons. The van der Waals surface area contributed by atoms with Crippen molar-refractivity contribution in [2.45, 2.75) is 38.5 Å². The third-order valence-electron chi connectivity index (χ3n) is 4.78. The maximum atomic E-state index is 11.3. The maximum Gasteiger partial charge on any atom is 0.220 e. The van der Waals surface area contributed by atoms with Crippen molar-refractivity contribution in [2.24, 2.45) is 11.7 Å². The largest absolute Gasteiger partial charge is 0.369 e. The molecule has 3 rings (SSSR count). The van der Waals surface area contributed by atoms with Crippen LogP contribution in [0.5, 0.6) is 0 Å². The van der Waals surface area contributed by atoms with E-state index in [2.05, 4.69) is 26.3 Å². The zero-order valence-electron chi connectivity index (χ0n) is 13.2. The molecule has 2 aliphatic rings. The fraction of sp³-hybridized carbons (Fsp3) is 0.688. The van der Waals surface area contributed by atoms with Crippen molar-refractivity contribution in [3.8, 4) is 0 Å². The van der Waals surface area contributed by atoms with Crippen molar-refractivity contribution in [1.29, 1.82) is 0 Å². The summed E-state index contributed by atoms with van der Waals surface area (Å²) < 4.78 is 0. The van der Waals surface area contributed by atoms with Gasteiger partial charge in [-0.25, -0.2) is 9.97 Å². The highest BCUT2D eigenvalue weighted by Gasteiger charge is 2.25. The molecule has 0 saturated carbocycles. The van der Waals surface area contributed by atoms with E-state index in [1.807, 2.05) is 6.92 Å². The van der Waals surface area contributed by atoms with Gasteiger partial charge >= 0.3 is 0 Å². The molecule has 3 N–H and O–H groups in total. The Morgan fingerprint density at radius 2 is 2.09 bits per heavy atom. The lowest BCUT2D eigenvalue weighted by atomic mass is 9.94. The number of hydrogen-bond acceptors (Lipinski definition) is 5. The molecule has 0 bridgehead atoms. The Morgan fingerprint density at radius 3 is 2.73 bits per heavy atom. The molecule has 120 valence electrons. The summed E-state index contributed by atoms with van der Waals surface area (Å²) in [6, 6.07) is 2.13. The quantitative estimate of drug-likeness (QED) is 0.868. The fourth-order valence-corrected chi connectivity index (χ4v) is 3.44. The van der Waals surface area contributed by atoms with Crippen LogP contribution in [0.2, 0.25) is 0 Å². The molecule has 2 fully saturated rings. The second-order valence-corrected chi connectivity index (χ2v) is 6.41. The van der Waals surface area contributed by atoms with Crippen LogP contribution < -0.4 is 16.0 Å². The molecule has 1 atom stereocenters. The Kier molecular flexibility index (Phi) is 4.57. The predicted molar refractivity (Wildman–Crippen MR) is 85.7 cm³/mol. The average molecular weight is 303 g/mol. The number of nitrogens with one attached hydrogen (secondary N) is 1. The third kappa shape index (κ3) is 3.38. The number of primary amides is 1. The topological polar surface area (TPSA) is 84.1 Å². The second-order valence-electron chi connectivity index (χ2n) is 6.41. The minimum atomic E-state index is -0.174. The van der Waals surface area contributed by atoms with Gasteiger partial charge in [-0.15, -0.1) is 0 Å². The number of hydrogen-bond donors (Lipinski definition) is 2. The van der Waals surface area contributed by atoms with Gasteiger partial charge in [0.2, 0.25) is 5.91 Å². The van der Waals surface area contributed by atoms with Crippen molar-refractivity contribution < 1.29 is 4.79 Å². The molecule has 22 heavy (non-hydrogen) atoms. The van der Waals surface area contributed by atoms with Gasteiger partial charge in [0.25, 0.3) is 0 Å². The van der Waals surface area contributed by atoms with Crippen molar-refractivity contribution in [3.05, 3.63) is 17.6 Å². The number of rotatable bonds is 3. The Hall–Kier alpha value is -1.69. The average Bonchev–Trinajstić information content (AvgIpc) is 2.55. The fourth-order valence-electron chi connectivity index (χ4n) is 3.44. The van der Waals surface area contributed by atoms with Gasteiger partial charge in [-0.2, -0.15) is 0 Å². The molecule has 6 heteroatoms.